The predicted octanol–water partition coefficient (Wildman–Crippen LogP) is 2.57. The molecule has 3 rings (SSSR count). The van der Waals surface area contributed by atoms with Crippen LogP contribution >= 0.6 is 12.4 Å². The number of fused-ring (bicyclic) bond motifs is 2. The average Bonchev–Trinajstić information content (AvgIpc) is 2.74. The van der Waals surface area contributed by atoms with E-state index in [9.17, 15) is 4.79 Å². The molecule has 1 heterocycles. The minimum Gasteiger partial charge on any atom is -0.340 e. The van der Waals surface area contributed by atoms with E-state index in [0.29, 0.717) is 29.8 Å². The van der Waals surface area contributed by atoms with Gasteiger partial charge in [-0.2, -0.15) is 0 Å². The molecule has 3 aliphatic rings. The summed E-state index contributed by atoms with van der Waals surface area (Å²) in [5, 5.41) is 0. The van der Waals surface area contributed by atoms with Gasteiger partial charge in [-0.05, 0) is 57.3 Å². The van der Waals surface area contributed by atoms with Gasteiger partial charge in [-0.25, -0.2) is 0 Å². The normalized spacial score (nSPS) is 41.8. The Balaban J connectivity index is 0.00000133. The zero-order valence-electron chi connectivity index (χ0n) is 11.9. The van der Waals surface area contributed by atoms with Crippen molar-refractivity contribution < 1.29 is 4.79 Å². The minimum atomic E-state index is 0. The van der Waals surface area contributed by atoms with E-state index in [1.165, 1.54) is 32.1 Å². The van der Waals surface area contributed by atoms with Gasteiger partial charge < -0.3 is 10.6 Å². The Bertz CT molecular complexity index is 322. The molecular formula is C15H27ClN2O. The molecule has 0 radical (unpaired) electrons. The van der Waals surface area contributed by atoms with E-state index in [1.807, 2.05) is 0 Å². The molecule has 0 aromatic rings. The maximum Gasteiger partial charge on any atom is 0.225 e. The van der Waals surface area contributed by atoms with Crippen LogP contribution in [-0.2, 0) is 4.79 Å². The zero-order valence-corrected chi connectivity index (χ0v) is 12.7. The highest BCUT2D eigenvalue weighted by Gasteiger charge is 2.42. The van der Waals surface area contributed by atoms with Crippen molar-refractivity contribution in [2.75, 3.05) is 6.54 Å². The number of hydrogen-bond acceptors (Lipinski definition) is 2. The topological polar surface area (TPSA) is 46.3 Å². The first-order valence-electron chi connectivity index (χ1n) is 7.73. The molecule has 1 amide bonds. The van der Waals surface area contributed by atoms with Gasteiger partial charge in [0, 0.05) is 24.5 Å². The van der Waals surface area contributed by atoms with E-state index in [4.69, 9.17) is 5.73 Å². The summed E-state index contributed by atoms with van der Waals surface area (Å²) in [4.78, 5) is 14.8. The number of carbonyl (C=O) groups excluding carboxylic acids is 1. The van der Waals surface area contributed by atoms with E-state index < -0.39 is 0 Å². The largest absolute Gasteiger partial charge is 0.340 e. The Morgan fingerprint density at radius 1 is 1.11 bits per heavy atom. The fraction of sp³-hybridized carbons (Fsp3) is 0.933. The quantitative estimate of drug-likeness (QED) is 0.805. The van der Waals surface area contributed by atoms with Crippen molar-refractivity contribution in [1.82, 2.24) is 4.90 Å². The van der Waals surface area contributed by atoms with Gasteiger partial charge in [0.1, 0.15) is 0 Å². The molecule has 2 bridgehead atoms. The van der Waals surface area contributed by atoms with Crippen LogP contribution in [0.4, 0.5) is 0 Å². The van der Waals surface area contributed by atoms with Crippen molar-refractivity contribution in [2.24, 2.45) is 23.5 Å². The van der Waals surface area contributed by atoms with Crippen molar-refractivity contribution in [1.29, 1.82) is 0 Å². The molecule has 0 aromatic heterocycles. The Hall–Kier alpha value is -0.280. The highest BCUT2D eigenvalue weighted by Crippen LogP contribution is 2.42. The molecule has 19 heavy (non-hydrogen) atoms. The zero-order chi connectivity index (χ0) is 12.7. The lowest BCUT2D eigenvalue weighted by Gasteiger charge is -2.44. The molecule has 3 fully saturated rings. The predicted molar refractivity (Wildman–Crippen MR) is 79.2 cm³/mol. The maximum atomic E-state index is 12.6. The van der Waals surface area contributed by atoms with E-state index in [2.05, 4.69) is 11.8 Å². The monoisotopic (exact) mass is 286 g/mol. The first kappa shape index (κ1) is 15.1. The molecule has 1 aliphatic heterocycles. The molecule has 4 heteroatoms. The fourth-order valence-electron chi connectivity index (χ4n) is 4.49. The van der Waals surface area contributed by atoms with Gasteiger partial charge in [-0.3, -0.25) is 4.79 Å². The van der Waals surface area contributed by atoms with Crippen LogP contribution in [0.1, 0.15) is 51.9 Å². The molecule has 0 aromatic carbocycles. The molecule has 3 nitrogen and oxygen atoms in total. The number of nitrogens with zero attached hydrogens (tertiary/aromatic N) is 1. The Morgan fingerprint density at radius 2 is 1.74 bits per heavy atom. The summed E-state index contributed by atoms with van der Waals surface area (Å²) in [6.45, 7) is 3.18. The van der Waals surface area contributed by atoms with E-state index in [1.54, 1.807) is 0 Å². The van der Waals surface area contributed by atoms with Crippen molar-refractivity contribution in [3.05, 3.63) is 0 Å². The smallest absolute Gasteiger partial charge is 0.225 e. The van der Waals surface area contributed by atoms with Gasteiger partial charge in [-0.15, -0.1) is 12.4 Å². The van der Waals surface area contributed by atoms with Crippen molar-refractivity contribution in [2.45, 2.75) is 64.0 Å². The van der Waals surface area contributed by atoms with Crippen molar-refractivity contribution in [3.63, 3.8) is 0 Å². The first-order chi connectivity index (χ1) is 8.66. The molecule has 0 spiro atoms. The number of hydrogen-bond donors (Lipinski definition) is 1. The number of nitrogens with two attached hydrogens (primary N) is 1. The van der Waals surface area contributed by atoms with Gasteiger partial charge in [0.05, 0.1) is 0 Å². The third-order valence-electron chi connectivity index (χ3n) is 5.60. The van der Waals surface area contributed by atoms with E-state index in [-0.39, 0.29) is 18.3 Å². The summed E-state index contributed by atoms with van der Waals surface area (Å²) in [6.07, 6.45) is 8.30. The van der Waals surface area contributed by atoms with Crippen LogP contribution in [0.15, 0.2) is 0 Å². The highest BCUT2D eigenvalue weighted by atomic mass is 35.5. The van der Waals surface area contributed by atoms with Crippen LogP contribution < -0.4 is 5.73 Å². The Morgan fingerprint density at radius 3 is 2.26 bits per heavy atom. The van der Waals surface area contributed by atoms with E-state index >= 15 is 0 Å². The van der Waals surface area contributed by atoms with Crippen LogP contribution in [-0.4, -0.2) is 29.4 Å². The van der Waals surface area contributed by atoms with Gasteiger partial charge in [0.25, 0.3) is 0 Å². The van der Waals surface area contributed by atoms with Crippen molar-refractivity contribution in [3.8, 4) is 0 Å². The second kappa shape index (κ2) is 6.01. The van der Waals surface area contributed by atoms with Crippen LogP contribution in [0.25, 0.3) is 0 Å². The summed E-state index contributed by atoms with van der Waals surface area (Å²) in [6, 6.07) is 0.840. The SMILES string of the molecule is CC1CCCN1C(=O)C1CC2CCCC(C1)C2N.Cl. The molecule has 2 aliphatic carbocycles. The summed E-state index contributed by atoms with van der Waals surface area (Å²) < 4.78 is 0. The molecular weight excluding hydrogens is 260 g/mol. The first-order valence-corrected chi connectivity index (χ1v) is 7.73. The van der Waals surface area contributed by atoms with Gasteiger partial charge in [-0.1, -0.05) is 6.42 Å². The third kappa shape index (κ3) is 2.78. The standard InChI is InChI=1S/C15H26N2O.ClH/c1-10-4-3-7-17(10)15(18)13-8-11-5-2-6-12(9-13)14(11)16;/h10-14H,2-9,16H2,1H3;1H. The molecule has 3 unspecified atom stereocenters. The number of likely N-dealkylation sites (tertiary alicyclic amines) is 1. The Kier molecular flexibility index (Phi) is 4.78. The third-order valence-corrected chi connectivity index (χ3v) is 5.60. The summed E-state index contributed by atoms with van der Waals surface area (Å²) in [5.74, 6) is 1.94. The van der Waals surface area contributed by atoms with Crippen LogP contribution in [0.5, 0.6) is 0 Å². The summed E-state index contributed by atoms with van der Waals surface area (Å²) in [5.41, 5.74) is 6.30. The lowest BCUT2D eigenvalue weighted by atomic mass is 9.65. The average molecular weight is 287 g/mol. The van der Waals surface area contributed by atoms with Gasteiger partial charge in [0.2, 0.25) is 5.91 Å². The summed E-state index contributed by atoms with van der Waals surface area (Å²) >= 11 is 0. The lowest BCUT2D eigenvalue weighted by molar-refractivity contribution is -0.139. The minimum absolute atomic E-state index is 0. The molecule has 3 atom stereocenters. The Labute approximate surface area is 122 Å². The molecule has 110 valence electrons. The van der Waals surface area contributed by atoms with Crippen LogP contribution in [0.3, 0.4) is 0 Å². The maximum absolute atomic E-state index is 12.6. The highest BCUT2D eigenvalue weighted by molar-refractivity contribution is 5.85. The molecule has 2 N–H and O–H groups in total. The second-order valence-corrected chi connectivity index (χ2v) is 6.72. The van der Waals surface area contributed by atoms with Crippen LogP contribution in [0, 0.1) is 17.8 Å². The number of amides is 1. The molecule has 1 saturated heterocycles. The second-order valence-electron chi connectivity index (χ2n) is 6.72. The lowest BCUT2D eigenvalue weighted by Crippen LogP contribution is -2.50. The van der Waals surface area contributed by atoms with Gasteiger partial charge in [0.15, 0.2) is 0 Å². The van der Waals surface area contributed by atoms with Gasteiger partial charge >= 0.3 is 0 Å². The summed E-state index contributed by atoms with van der Waals surface area (Å²) in [7, 11) is 0. The number of carbonyl (C=O) groups is 1. The fourth-order valence-corrected chi connectivity index (χ4v) is 4.49. The number of halogens is 1. The van der Waals surface area contributed by atoms with E-state index in [0.717, 1.165) is 19.4 Å². The van der Waals surface area contributed by atoms with Crippen LogP contribution in [0.2, 0.25) is 0 Å². The number of rotatable bonds is 1. The van der Waals surface area contributed by atoms with Crippen molar-refractivity contribution >= 4 is 18.3 Å². The molecule has 2 saturated carbocycles.